The lowest BCUT2D eigenvalue weighted by Gasteiger charge is -2.49. The molecule has 326 valence electrons. The summed E-state index contributed by atoms with van der Waals surface area (Å²) >= 11 is 8.52. The van der Waals surface area contributed by atoms with E-state index in [2.05, 4.69) is 20.8 Å². The van der Waals surface area contributed by atoms with E-state index in [1.54, 1.807) is 59.1 Å². The summed E-state index contributed by atoms with van der Waals surface area (Å²) < 4.78 is 22.3. The van der Waals surface area contributed by atoms with Gasteiger partial charge in [0.25, 0.3) is 11.8 Å². The van der Waals surface area contributed by atoms with Crippen molar-refractivity contribution in [3.05, 3.63) is 124 Å². The van der Waals surface area contributed by atoms with Gasteiger partial charge >= 0.3 is 18.0 Å². The molecule has 15 nitrogen and oxygen atoms in total. The standard InChI is InChI=1S/C44H46ClN5O10S2/c1-42(2,3)59-41(55)48-40-46-31(25-62-40)32(49-60-43(4,5)39(54)58-44(6,28-14-10-8-11-15-28)29-16-12-9-13-17-29)35(51)47-33-36(52)50-34(27(22-45)24-61-37(33)50)38(53)57-23-26-18-20-30(56-7)21-19-26/h8-21,25,33,37H,22-24H2,1-7H3,(H,47,51)(H,46,48,55)/b49-32+/t33-,37-/m1/s1. The smallest absolute Gasteiger partial charge is 0.413 e. The Balaban J connectivity index is 1.23. The third kappa shape index (κ3) is 10.4. The number of hydrogen-bond acceptors (Lipinski definition) is 14. The number of halogens is 1. The monoisotopic (exact) mass is 903 g/mol. The Hall–Kier alpha value is -5.91. The Labute approximate surface area is 372 Å². The van der Waals surface area contributed by atoms with Gasteiger partial charge in [0.2, 0.25) is 5.60 Å². The molecule has 3 heterocycles. The number of oxime groups is 1. The fraction of sp³-hybridized carbons (Fsp3) is 0.341. The first-order chi connectivity index (χ1) is 29.4. The molecule has 2 aliphatic rings. The number of β-lactam (4-membered cyclic amide) rings is 1. The molecular weight excluding hydrogens is 858 g/mol. The van der Waals surface area contributed by atoms with Gasteiger partial charge in [-0.25, -0.2) is 19.4 Å². The Morgan fingerprint density at radius 1 is 0.903 bits per heavy atom. The molecule has 1 aromatic heterocycles. The van der Waals surface area contributed by atoms with Crippen molar-refractivity contribution in [2.75, 3.05) is 24.1 Å². The van der Waals surface area contributed by atoms with Crippen LogP contribution in [0.15, 0.2) is 107 Å². The van der Waals surface area contributed by atoms with Crippen molar-refractivity contribution < 1.29 is 47.8 Å². The van der Waals surface area contributed by atoms with Crippen LogP contribution >= 0.6 is 34.7 Å². The number of esters is 2. The summed E-state index contributed by atoms with van der Waals surface area (Å²) in [7, 11) is 1.55. The third-order valence-electron chi connectivity index (χ3n) is 9.59. The summed E-state index contributed by atoms with van der Waals surface area (Å²) in [5, 5.41) is 10.2. The third-order valence-corrected chi connectivity index (χ3v) is 12.0. The van der Waals surface area contributed by atoms with Crippen molar-refractivity contribution in [1.29, 1.82) is 0 Å². The minimum Gasteiger partial charge on any atom is -0.497 e. The molecule has 0 unspecified atom stereocenters. The van der Waals surface area contributed by atoms with E-state index in [-0.39, 0.29) is 34.8 Å². The second kappa shape index (κ2) is 19.0. The first-order valence-corrected chi connectivity index (χ1v) is 21.8. The van der Waals surface area contributed by atoms with Crippen molar-refractivity contribution in [3.63, 3.8) is 0 Å². The Kier molecular flexibility index (Phi) is 14.0. The van der Waals surface area contributed by atoms with Crippen LogP contribution in [-0.2, 0) is 50.4 Å². The Morgan fingerprint density at radius 2 is 1.53 bits per heavy atom. The largest absolute Gasteiger partial charge is 0.497 e. The van der Waals surface area contributed by atoms with Crippen LogP contribution in [0.2, 0.25) is 0 Å². The van der Waals surface area contributed by atoms with E-state index in [9.17, 15) is 24.0 Å². The molecule has 2 N–H and O–H groups in total. The van der Waals surface area contributed by atoms with E-state index in [1.165, 1.54) is 35.9 Å². The van der Waals surface area contributed by atoms with E-state index < -0.39 is 63.8 Å². The highest BCUT2D eigenvalue weighted by Crippen LogP contribution is 2.41. The number of hydrogen-bond donors (Lipinski definition) is 2. The van der Waals surface area contributed by atoms with Crippen LogP contribution in [0.1, 0.15) is 63.9 Å². The Bertz CT molecular complexity index is 2330. The number of rotatable bonds is 15. The lowest BCUT2D eigenvalue weighted by Crippen LogP contribution is -2.71. The molecule has 2 aliphatic heterocycles. The van der Waals surface area contributed by atoms with Gasteiger partial charge in [-0.15, -0.1) is 34.7 Å². The number of benzene rings is 3. The van der Waals surface area contributed by atoms with Crippen molar-refractivity contribution in [3.8, 4) is 5.75 Å². The fourth-order valence-corrected chi connectivity index (χ4v) is 8.62. The normalized spacial score (nSPS) is 16.7. The van der Waals surface area contributed by atoms with Gasteiger partial charge < -0.3 is 29.1 Å². The number of fused-ring (bicyclic) bond motifs is 1. The maximum absolute atomic E-state index is 14.2. The van der Waals surface area contributed by atoms with Gasteiger partial charge in [0.15, 0.2) is 16.4 Å². The average molecular weight is 904 g/mol. The molecular formula is C44H46ClN5O10S2. The molecule has 18 heteroatoms. The van der Waals surface area contributed by atoms with E-state index in [4.69, 9.17) is 35.4 Å². The second-order valence-electron chi connectivity index (χ2n) is 15.7. The molecule has 3 aromatic carbocycles. The fourth-order valence-electron chi connectivity index (χ4n) is 6.26. The van der Waals surface area contributed by atoms with Gasteiger partial charge in [0, 0.05) is 17.0 Å². The number of thioether (sulfide) groups is 1. The minimum atomic E-state index is -1.78. The van der Waals surface area contributed by atoms with Crippen LogP contribution in [0.3, 0.4) is 0 Å². The predicted molar refractivity (Wildman–Crippen MR) is 235 cm³/mol. The maximum Gasteiger partial charge on any atom is 0.413 e. The van der Waals surface area contributed by atoms with Gasteiger partial charge in [-0.05, 0) is 75.9 Å². The van der Waals surface area contributed by atoms with Gasteiger partial charge in [0.05, 0.1) is 7.11 Å². The van der Waals surface area contributed by atoms with Crippen LogP contribution in [0.5, 0.6) is 5.75 Å². The van der Waals surface area contributed by atoms with Gasteiger partial charge in [-0.3, -0.25) is 19.8 Å². The van der Waals surface area contributed by atoms with Crippen LogP contribution in [0, 0.1) is 0 Å². The average Bonchev–Trinajstić information content (AvgIpc) is 3.71. The van der Waals surface area contributed by atoms with E-state index in [0.717, 1.165) is 11.3 Å². The van der Waals surface area contributed by atoms with Crippen LogP contribution < -0.4 is 15.4 Å². The van der Waals surface area contributed by atoms with Crippen LogP contribution in [0.25, 0.3) is 0 Å². The van der Waals surface area contributed by atoms with Crippen LogP contribution in [0.4, 0.5) is 9.93 Å². The predicted octanol–water partition coefficient (Wildman–Crippen LogP) is 7.14. The second-order valence-corrected chi connectivity index (χ2v) is 18.0. The van der Waals surface area contributed by atoms with Crippen molar-refractivity contribution in [1.82, 2.24) is 15.2 Å². The van der Waals surface area contributed by atoms with Crippen molar-refractivity contribution in [2.24, 2.45) is 5.16 Å². The summed E-state index contributed by atoms with van der Waals surface area (Å²) in [4.78, 5) is 79.6. The highest BCUT2D eigenvalue weighted by Gasteiger charge is 2.55. The highest BCUT2D eigenvalue weighted by atomic mass is 35.5. The number of nitrogens with zero attached hydrogens (tertiary/aromatic N) is 3. The molecule has 3 amide bonds. The first kappa shape index (κ1) is 45.6. The van der Waals surface area contributed by atoms with E-state index in [0.29, 0.717) is 28.0 Å². The number of carbonyl (C=O) groups is 5. The van der Waals surface area contributed by atoms with Gasteiger partial charge in [-0.1, -0.05) is 78.0 Å². The summed E-state index contributed by atoms with van der Waals surface area (Å²) in [6.45, 7) is 9.68. The summed E-state index contributed by atoms with van der Waals surface area (Å²) in [5.74, 6) is -2.14. The summed E-state index contributed by atoms with van der Waals surface area (Å²) in [6.07, 6.45) is -0.779. The number of thiazole rings is 1. The molecule has 4 aromatic rings. The molecule has 6 rings (SSSR count). The zero-order chi connectivity index (χ0) is 44.8. The summed E-state index contributed by atoms with van der Waals surface area (Å²) in [6, 6.07) is 24.3. The van der Waals surface area contributed by atoms with Gasteiger partial charge in [0.1, 0.15) is 40.8 Å². The number of alkyl halides is 1. The summed E-state index contributed by atoms with van der Waals surface area (Å²) in [5.41, 5.74) is -1.67. The van der Waals surface area contributed by atoms with Crippen molar-refractivity contribution in [2.45, 2.75) is 76.4 Å². The van der Waals surface area contributed by atoms with Gasteiger partial charge in [-0.2, -0.15) is 0 Å². The number of aromatic nitrogens is 1. The molecule has 0 radical (unpaired) electrons. The zero-order valence-electron chi connectivity index (χ0n) is 35.1. The topological polar surface area (TPSA) is 184 Å². The lowest BCUT2D eigenvalue weighted by atomic mass is 9.87. The number of ether oxygens (including phenoxy) is 4. The van der Waals surface area contributed by atoms with E-state index >= 15 is 0 Å². The number of anilines is 1. The first-order valence-electron chi connectivity index (χ1n) is 19.3. The quantitative estimate of drug-likeness (QED) is 0.0308. The molecule has 1 fully saturated rings. The number of carbonyl (C=O) groups excluding carboxylic acids is 5. The number of methoxy groups -OCH3 is 1. The zero-order valence-corrected chi connectivity index (χ0v) is 37.4. The SMILES string of the molecule is COc1ccc(COC(=O)C2=C(CCl)CS[C@@H]3[C@H](NC(=O)/C(=N/OC(C)(C)C(=O)OC(C)(c4ccccc4)c4ccccc4)c4csc(NC(=O)OC(C)(C)C)n4)C(=O)N23)cc1. The molecule has 1 saturated heterocycles. The Morgan fingerprint density at radius 3 is 2.11 bits per heavy atom. The number of amides is 3. The number of nitrogens with one attached hydrogen (secondary N) is 2. The molecule has 62 heavy (non-hydrogen) atoms. The molecule has 0 saturated carbocycles. The molecule has 2 atom stereocenters. The highest BCUT2D eigenvalue weighted by molar-refractivity contribution is 8.00. The molecule has 0 bridgehead atoms. The van der Waals surface area contributed by atoms with Crippen LogP contribution in [-0.4, -0.2) is 86.8 Å². The lowest BCUT2D eigenvalue weighted by molar-refractivity contribution is -0.180. The van der Waals surface area contributed by atoms with Crippen molar-refractivity contribution >= 4 is 75.4 Å². The maximum atomic E-state index is 14.2. The molecule has 0 aliphatic carbocycles. The minimum absolute atomic E-state index is 0.0145. The van der Waals surface area contributed by atoms with E-state index in [1.807, 2.05) is 60.7 Å². The molecule has 0 spiro atoms.